The van der Waals surface area contributed by atoms with Gasteiger partial charge in [-0.3, -0.25) is 4.90 Å². The molecule has 1 atom stereocenters. The molecule has 0 radical (unpaired) electrons. The molecule has 1 aliphatic rings. The molecule has 0 aromatic heterocycles. The maximum absolute atomic E-state index is 10.2. The van der Waals surface area contributed by atoms with Crippen LogP contribution < -0.4 is 4.90 Å². The van der Waals surface area contributed by atoms with E-state index in [1.54, 1.807) is 6.07 Å². The minimum Gasteiger partial charge on any atom is -0.389 e. The molecule has 26 heavy (non-hydrogen) atoms. The normalized spacial score (nSPS) is 16.7. The largest absolute Gasteiger partial charge is 0.389 e. The Balaban J connectivity index is 1.39. The number of ether oxygens (including phenoxy) is 1. The fraction of sp³-hybridized carbons (Fsp3) is 0.400. The number of benzene rings is 2. The van der Waals surface area contributed by atoms with Gasteiger partial charge in [-0.15, -0.1) is 0 Å². The first-order valence-electron chi connectivity index (χ1n) is 8.83. The van der Waals surface area contributed by atoms with Gasteiger partial charge in [0.1, 0.15) is 0 Å². The van der Waals surface area contributed by atoms with Gasteiger partial charge >= 0.3 is 0 Å². The summed E-state index contributed by atoms with van der Waals surface area (Å²) in [5.74, 6) is 0. The van der Waals surface area contributed by atoms with Crippen LogP contribution >= 0.6 is 23.2 Å². The first kappa shape index (κ1) is 19.5. The molecule has 0 amide bonds. The van der Waals surface area contributed by atoms with Gasteiger partial charge in [-0.25, -0.2) is 0 Å². The third-order valence-electron chi connectivity index (χ3n) is 4.48. The van der Waals surface area contributed by atoms with Crippen LogP contribution in [0.3, 0.4) is 0 Å². The van der Waals surface area contributed by atoms with Crippen molar-refractivity contribution < 1.29 is 9.84 Å². The SMILES string of the molecule is OC(COCc1ccccc1)CN1CCN(c2cc(Cl)cc(Cl)c2)CC1. The van der Waals surface area contributed by atoms with Crippen LogP contribution in [0.2, 0.25) is 10.0 Å². The van der Waals surface area contributed by atoms with Crippen LogP contribution in [0.15, 0.2) is 48.5 Å². The van der Waals surface area contributed by atoms with E-state index in [1.165, 1.54) is 0 Å². The molecule has 0 saturated carbocycles. The van der Waals surface area contributed by atoms with Crippen LogP contribution in [-0.4, -0.2) is 55.4 Å². The molecule has 3 rings (SSSR count). The molecule has 0 spiro atoms. The van der Waals surface area contributed by atoms with Crippen LogP contribution in [0.5, 0.6) is 0 Å². The van der Waals surface area contributed by atoms with Crippen LogP contribution in [0.4, 0.5) is 5.69 Å². The van der Waals surface area contributed by atoms with Crippen molar-refractivity contribution in [3.05, 3.63) is 64.1 Å². The summed E-state index contributed by atoms with van der Waals surface area (Å²) >= 11 is 12.2. The maximum atomic E-state index is 10.2. The van der Waals surface area contributed by atoms with E-state index in [4.69, 9.17) is 27.9 Å². The fourth-order valence-electron chi connectivity index (χ4n) is 3.15. The van der Waals surface area contributed by atoms with Crippen molar-refractivity contribution in [1.82, 2.24) is 4.90 Å². The van der Waals surface area contributed by atoms with Gasteiger partial charge in [0.2, 0.25) is 0 Å². The van der Waals surface area contributed by atoms with Gasteiger partial charge in [0.25, 0.3) is 0 Å². The monoisotopic (exact) mass is 394 g/mol. The zero-order valence-corrected chi connectivity index (χ0v) is 16.2. The van der Waals surface area contributed by atoms with Crippen LogP contribution in [0.25, 0.3) is 0 Å². The molecule has 1 saturated heterocycles. The quantitative estimate of drug-likeness (QED) is 0.776. The zero-order chi connectivity index (χ0) is 18.4. The Morgan fingerprint density at radius 2 is 1.62 bits per heavy atom. The van der Waals surface area contributed by atoms with Crippen molar-refractivity contribution in [2.45, 2.75) is 12.7 Å². The van der Waals surface area contributed by atoms with Crippen molar-refractivity contribution in [3.63, 3.8) is 0 Å². The third-order valence-corrected chi connectivity index (χ3v) is 4.91. The van der Waals surface area contributed by atoms with Crippen LogP contribution in [0, 0.1) is 0 Å². The van der Waals surface area contributed by atoms with Crippen LogP contribution in [0.1, 0.15) is 5.56 Å². The third kappa shape index (κ3) is 5.86. The number of piperazine rings is 1. The number of nitrogens with zero attached hydrogens (tertiary/aromatic N) is 2. The highest BCUT2D eigenvalue weighted by Gasteiger charge is 2.20. The highest BCUT2D eigenvalue weighted by atomic mass is 35.5. The summed E-state index contributed by atoms with van der Waals surface area (Å²) in [5, 5.41) is 11.5. The number of hydrogen-bond donors (Lipinski definition) is 1. The Hall–Kier alpha value is -1.30. The van der Waals surface area contributed by atoms with Crippen LogP contribution in [-0.2, 0) is 11.3 Å². The lowest BCUT2D eigenvalue weighted by atomic mass is 10.2. The van der Waals surface area contributed by atoms with Gasteiger partial charge in [-0.1, -0.05) is 53.5 Å². The van der Waals surface area contributed by atoms with E-state index in [-0.39, 0.29) is 0 Å². The standard InChI is InChI=1S/C20H24Cl2N2O2/c21-17-10-18(22)12-19(11-17)24-8-6-23(7-9-24)13-20(25)15-26-14-16-4-2-1-3-5-16/h1-5,10-12,20,25H,6-9,13-15H2. The molecule has 4 nitrogen and oxygen atoms in total. The Bertz CT molecular complexity index is 671. The highest BCUT2D eigenvalue weighted by Crippen LogP contribution is 2.26. The summed E-state index contributed by atoms with van der Waals surface area (Å²) in [4.78, 5) is 4.53. The summed E-state index contributed by atoms with van der Waals surface area (Å²) in [7, 11) is 0. The first-order valence-corrected chi connectivity index (χ1v) is 9.59. The second kappa shape index (κ2) is 9.58. The molecule has 140 valence electrons. The number of rotatable bonds is 7. The molecule has 1 N–H and O–H groups in total. The second-order valence-electron chi connectivity index (χ2n) is 6.57. The molecule has 2 aromatic rings. The molecule has 2 aromatic carbocycles. The van der Waals surface area contributed by atoms with E-state index in [0.29, 0.717) is 29.8 Å². The number of anilines is 1. The molecular formula is C20H24Cl2N2O2. The Morgan fingerprint density at radius 3 is 2.27 bits per heavy atom. The molecule has 1 aliphatic heterocycles. The van der Waals surface area contributed by atoms with Gasteiger partial charge in [0.15, 0.2) is 0 Å². The summed E-state index contributed by atoms with van der Waals surface area (Å²) in [5.41, 5.74) is 2.17. The number of halogens is 2. The average Bonchev–Trinajstić information content (AvgIpc) is 2.62. The summed E-state index contributed by atoms with van der Waals surface area (Å²) in [6.07, 6.45) is -0.481. The lowest BCUT2D eigenvalue weighted by molar-refractivity contribution is 0.00914. The van der Waals surface area contributed by atoms with E-state index in [0.717, 1.165) is 37.4 Å². The van der Waals surface area contributed by atoms with Crippen molar-refractivity contribution in [3.8, 4) is 0 Å². The van der Waals surface area contributed by atoms with E-state index in [2.05, 4.69) is 9.80 Å². The zero-order valence-electron chi connectivity index (χ0n) is 14.7. The van der Waals surface area contributed by atoms with Gasteiger partial charge in [-0.05, 0) is 23.8 Å². The summed E-state index contributed by atoms with van der Waals surface area (Å²) in [6.45, 7) is 5.04. The molecular weight excluding hydrogens is 371 g/mol. The van der Waals surface area contributed by atoms with Gasteiger partial charge in [0.05, 0.1) is 19.3 Å². The number of aliphatic hydroxyl groups excluding tert-OH is 1. The average molecular weight is 395 g/mol. The number of β-amino-alcohol motifs (C(OH)–C–C–N with tert-alkyl or cyclic N) is 1. The minimum absolute atomic E-state index is 0.346. The minimum atomic E-state index is -0.481. The van der Waals surface area contributed by atoms with Crippen molar-refractivity contribution in [2.75, 3.05) is 44.2 Å². The van der Waals surface area contributed by atoms with Gasteiger partial charge in [-0.2, -0.15) is 0 Å². The highest BCUT2D eigenvalue weighted by molar-refractivity contribution is 6.35. The number of hydrogen-bond acceptors (Lipinski definition) is 4. The Morgan fingerprint density at radius 1 is 0.962 bits per heavy atom. The summed E-state index contributed by atoms with van der Waals surface area (Å²) in [6, 6.07) is 15.6. The lowest BCUT2D eigenvalue weighted by Gasteiger charge is -2.37. The number of aliphatic hydroxyl groups is 1. The lowest BCUT2D eigenvalue weighted by Crippen LogP contribution is -2.49. The Kier molecular flexibility index (Phi) is 7.17. The smallest absolute Gasteiger partial charge is 0.0900 e. The molecule has 1 fully saturated rings. The van der Waals surface area contributed by atoms with Crippen molar-refractivity contribution in [1.29, 1.82) is 0 Å². The summed E-state index contributed by atoms with van der Waals surface area (Å²) < 4.78 is 5.62. The van der Waals surface area contributed by atoms with Gasteiger partial charge in [0, 0.05) is 48.5 Å². The topological polar surface area (TPSA) is 35.9 Å². The first-order chi connectivity index (χ1) is 12.6. The molecule has 1 unspecified atom stereocenters. The Labute approximate surface area is 164 Å². The molecule has 0 bridgehead atoms. The van der Waals surface area contributed by atoms with E-state index in [9.17, 15) is 5.11 Å². The second-order valence-corrected chi connectivity index (χ2v) is 7.44. The molecule has 6 heteroatoms. The maximum Gasteiger partial charge on any atom is 0.0900 e. The predicted molar refractivity (Wildman–Crippen MR) is 107 cm³/mol. The molecule has 1 heterocycles. The van der Waals surface area contributed by atoms with E-state index < -0.39 is 6.10 Å². The fourth-order valence-corrected chi connectivity index (χ4v) is 3.66. The van der Waals surface area contributed by atoms with E-state index in [1.807, 2.05) is 42.5 Å². The van der Waals surface area contributed by atoms with Crippen molar-refractivity contribution in [2.24, 2.45) is 0 Å². The van der Waals surface area contributed by atoms with Gasteiger partial charge < -0.3 is 14.7 Å². The van der Waals surface area contributed by atoms with Crippen molar-refractivity contribution >= 4 is 28.9 Å². The predicted octanol–water partition coefficient (Wildman–Crippen LogP) is 3.69. The molecule has 0 aliphatic carbocycles. The van der Waals surface area contributed by atoms with E-state index >= 15 is 0 Å².